The number of nitrogens with one attached hydrogen (secondary N) is 1. The molecule has 27 heavy (non-hydrogen) atoms. The lowest BCUT2D eigenvalue weighted by Crippen LogP contribution is -2.24. The van der Waals surface area contributed by atoms with Crippen LogP contribution in [0.25, 0.3) is 11.1 Å². The molecule has 0 radical (unpaired) electrons. The van der Waals surface area contributed by atoms with E-state index in [4.69, 9.17) is 9.52 Å². The Morgan fingerprint density at radius 2 is 1.78 bits per heavy atom. The third-order valence-corrected chi connectivity index (χ3v) is 4.25. The number of benzene rings is 2. The van der Waals surface area contributed by atoms with E-state index in [9.17, 15) is 14.4 Å². The van der Waals surface area contributed by atoms with E-state index in [2.05, 4.69) is 26.1 Å². The number of rotatable bonds is 4. The first kappa shape index (κ1) is 18.4. The summed E-state index contributed by atoms with van der Waals surface area (Å²) in [5.41, 5.74) is 2.26. The topological polar surface area (TPSA) is 102 Å². The number of aromatic nitrogens is 1. The highest BCUT2D eigenvalue weighted by molar-refractivity contribution is 5.93. The Labute approximate surface area is 155 Å². The monoisotopic (exact) mass is 368 g/mol. The molecule has 7 nitrogen and oxygen atoms in total. The number of fused-ring (bicyclic) bond motifs is 1. The lowest BCUT2D eigenvalue weighted by molar-refractivity contribution is -0.116. The number of anilines is 1. The largest absolute Gasteiger partial charge is 0.478 e. The number of carbonyl (C=O) groups excluding carboxylic acids is 1. The Balaban J connectivity index is 1.81. The zero-order chi connectivity index (χ0) is 19.8. The van der Waals surface area contributed by atoms with Gasteiger partial charge in [0.1, 0.15) is 6.54 Å². The molecule has 140 valence electrons. The summed E-state index contributed by atoms with van der Waals surface area (Å²) >= 11 is 0. The highest BCUT2D eigenvalue weighted by Crippen LogP contribution is 2.23. The van der Waals surface area contributed by atoms with Gasteiger partial charge in [-0.2, -0.15) is 0 Å². The molecule has 3 rings (SSSR count). The van der Waals surface area contributed by atoms with Gasteiger partial charge in [0.25, 0.3) is 0 Å². The highest BCUT2D eigenvalue weighted by atomic mass is 16.4. The van der Waals surface area contributed by atoms with Crippen LogP contribution >= 0.6 is 0 Å². The van der Waals surface area contributed by atoms with Gasteiger partial charge in [-0.15, -0.1) is 0 Å². The van der Waals surface area contributed by atoms with Gasteiger partial charge in [-0.25, -0.2) is 9.59 Å². The molecule has 0 spiro atoms. The lowest BCUT2D eigenvalue weighted by Gasteiger charge is -2.19. The first-order valence-electron chi connectivity index (χ1n) is 8.42. The lowest BCUT2D eigenvalue weighted by atomic mass is 9.87. The maximum absolute atomic E-state index is 12.3. The zero-order valence-electron chi connectivity index (χ0n) is 15.3. The third-order valence-electron chi connectivity index (χ3n) is 4.25. The number of amides is 1. The maximum Gasteiger partial charge on any atom is 0.420 e. The minimum Gasteiger partial charge on any atom is -0.478 e. The van der Waals surface area contributed by atoms with Crippen LogP contribution in [0, 0.1) is 0 Å². The number of hydrogen-bond acceptors (Lipinski definition) is 4. The Bertz CT molecular complexity index is 1070. The van der Waals surface area contributed by atoms with Gasteiger partial charge in [-0.05, 0) is 41.3 Å². The summed E-state index contributed by atoms with van der Waals surface area (Å²) in [6.07, 6.45) is 0. The van der Waals surface area contributed by atoms with E-state index in [1.807, 2.05) is 12.1 Å². The van der Waals surface area contributed by atoms with Crippen molar-refractivity contribution in [3.63, 3.8) is 0 Å². The van der Waals surface area contributed by atoms with Crippen LogP contribution in [0.2, 0.25) is 0 Å². The molecule has 1 aromatic heterocycles. The summed E-state index contributed by atoms with van der Waals surface area (Å²) in [6, 6.07) is 11.5. The van der Waals surface area contributed by atoms with Gasteiger partial charge in [0, 0.05) is 5.69 Å². The van der Waals surface area contributed by atoms with Crippen molar-refractivity contribution in [3.05, 3.63) is 64.1 Å². The molecule has 0 aliphatic carbocycles. The van der Waals surface area contributed by atoms with Crippen LogP contribution < -0.4 is 11.1 Å². The smallest absolute Gasteiger partial charge is 0.420 e. The van der Waals surface area contributed by atoms with E-state index >= 15 is 0 Å². The average Bonchev–Trinajstić information content (AvgIpc) is 2.89. The van der Waals surface area contributed by atoms with Crippen LogP contribution in [0.15, 0.2) is 51.7 Å². The van der Waals surface area contributed by atoms with Crippen molar-refractivity contribution in [1.82, 2.24) is 4.57 Å². The molecule has 2 N–H and O–H groups in total. The molecule has 0 saturated carbocycles. The van der Waals surface area contributed by atoms with Crippen LogP contribution in [-0.4, -0.2) is 21.6 Å². The van der Waals surface area contributed by atoms with Gasteiger partial charge in [-0.1, -0.05) is 32.9 Å². The number of carboxylic acid groups (broad SMARTS) is 1. The first-order valence-corrected chi connectivity index (χ1v) is 8.42. The van der Waals surface area contributed by atoms with Crippen LogP contribution in [-0.2, 0) is 16.8 Å². The Morgan fingerprint density at radius 3 is 2.37 bits per heavy atom. The maximum atomic E-state index is 12.3. The molecule has 0 aliphatic rings. The summed E-state index contributed by atoms with van der Waals surface area (Å²) in [6.45, 7) is 6.02. The molecule has 1 amide bonds. The Hall–Kier alpha value is -3.35. The fourth-order valence-electron chi connectivity index (χ4n) is 2.74. The molecule has 0 atom stereocenters. The predicted octanol–water partition coefficient (Wildman–Crippen LogP) is 3.23. The SMILES string of the molecule is CC(C)(C)c1ccc(NC(=O)Cn2c(=O)oc3ccc(C(=O)O)cc32)cc1. The van der Waals surface area contributed by atoms with Gasteiger partial charge in [0.05, 0.1) is 11.1 Å². The summed E-state index contributed by atoms with van der Waals surface area (Å²) in [5, 5.41) is 11.8. The van der Waals surface area contributed by atoms with Crippen molar-refractivity contribution >= 4 is 28.7 Å². The number of hydrogen-bond donors (Lipinski definition) is 2. The van der Waals surface area contributed by atoms with Crippen molar-refractivity contribution < 1.29 is 19.1 Å². The molecule has 0 fully saturated rings. The van der Waals surface area contributed by atoms with Gasteiger partial charge < -0.3 is 14.8 Å². The third kappa shape index (κ3) is 3.92. The standard InChI is InChI=1S/C20H20N2O5/c1-20(2,3)13-5-7-14(8-6-13)21-17(23)11-22-15-10-12(18(24)25)4-9-16(15)27-19(22)26/h4-10H,11H2,1-3H3,(H,21,23)(H,24,25). The predicted molar refractivity (Wildman–Crippen MR) is 101 cm³/mol. The molecule has 0 saturated heterocycles. The molecular formula is C20H20N2O5. The van der Waals surface area contributed by atoms with Gasteiger partial charge >= 0.3 is 11.7 Å². The second-order valence-electron chi connectivity index (χ2n) is 7.32. The van der Waals surface area contributed by atoms with Gasteiger partial charge in [0.15, 0.2) is 5.58 Å². The number of nitrogens with zero attached hydrogens (tertiary/aromatic N) is 1. The molecule has 3 aromatic rings. The summed E-state index contributed by atoms with van der Waals surface area (Å²) in [7, 11) is 0. The van der Waals surface area contributed by atoms with Crippen molar-refractivity contribution in [2.75, 3.05) is 5.32 Å². The number of oxazole rings is 1. The van der Waals surface area contributed by atoms with E-state index in [-0.39, 0.29) is 28.6 Å². The minimum absolute atomic E-state index is 0.00735. The van der Waals surface area contributed by atoms with Gasteiger partial charge in [0.2, 0.25) is 5.91 Å². The van der Waals surface area contributed by atoms with Crippen molar-refractivity contribution in [3.8, 4) is 0 Å². The van der Waals surface area contributed by atoms with E-state index in [1.54, 1.807) is 12.1 Å². The average molecular weight is 368 g/mol. The first-order chi connectivity index (χ1) is 12.6. The van der Waals surface area contributed by atoms with Crippen molar-refractivity contribution in [1.29, 1.82) is 0 Å². The van der Waals surface area contributed by atoms with E-state index in [1.165, 1.54) is 18.2 Å². The van der Waals surface area contributed by atoms with Gasteiger partial charge in [-0.3, -0.25) is 9.36 Å². The van der Waals surface area contributed by atoms with E-state index in [0.717, 1.165) is 10.1 Å². The second kappa shape index (κ2) is 6.75. The fraction of sp³-hybridized carbons (Fsp3) is 0.250. The molecule has 0 unspecified atom stereocenters. The molecule has 7 heteroatoms. The fourth-order valence-corrected chi connectivity index (χ4v) is 2.74. The van der Waals surface area contributed by atoms with Crippen LogP contribution in [0.4, 0.5) is 5.69 Å². The summed E-state index contributed by atoms with van der Waals surface area (Å²) in [4.78, 5) is 35.5. The van der Waals surface area contributed by atoms with E-state index < -0.39 is 17.6 Å². The van der Waals surface area contributed by atoms with Crippen LogP contribution in [0.1, 0.15) is 36.7 Å². The molecule has 2 aromatic carbocycles. The summed E-state index contributed by atoms with van der Waals surface area (Å²) < 4.78 is 6.18. The van der Waals surface area contributed by atoms with Crippen LogP contribution in [0.5, 0.6) is 0 Å². The normalized spacial score (nSPS) is 11.5. The number of carboxylic acids is 1. The molecular weight excluding hydrogens is 348 g/mol. The van der Waals surface area contributed by atoms with Crippen molar-refractivity contribution in [2.45, 2.75) is 32.7 Å². The Morgan fingerprint density at radius 1 is 1.11 bits per heavy atom. The number of carbonyl (C=O) groups is 2. The highest BCUT2D eigenvalue weighted by Gasteiger charge is 2.16. The molecule has 1 heterocycles. The quantitative estimate of drug-likeness (QED) is 0.736. The zero-order valence-corrected chi connectivity index (χ0v) is 15.3. The summed E-state index contributed by atoms with van der Waals surface area (Å²) in [5.74, 6) is -2.25. The van der Waals surface area contributed by atoms with Crippen LogP contribution in [0.3, 0.4) is 0 Å². The second-order valence-corrected chi connectivity index (χ2v) is 7.32. The Kier molecular flexibility index (Phi) is 4.61. The minimum atomic E-state index is -1.12. The van der Waals surface area contributed by atoms with Crippen molar-refractivity contribution in [2.24, 2.45) is 0 Å². The molecule has 0 aliphatic heterocycles. The molecule has 0 bridgehead atoms. The van der Waals surface area contributed by atoms with E-state index in [0.29, 0.717) is 5.69 Å². The number of aromatic carboxylic acids is 1.